The van der Waals surface area contributed by atoms with Gasteiger partial charge in [0, 0.05) is 50.0 Å². The van der Waals surface area contributed by atoms with Crippen LogP contribution in [0.5, 0.6) is 5.75 Å². The summed E-state index contributed by atoms with van der Waals surface area (Å²) in [6.45, 7) is 4.19. The Labute approximate surface area is 246 Å². The van der Waals surface area contributed by atoms with Gasteiger partial charge < -0.3 is 25.8 Å². The highest BCUT2D eigenvalue weighted by Crippen LogP contribution is 2.44. The van der Waals surface area contributed by atoms with Crippen LogP contribution in [-0.2, 0) is 11.3 Å². The van der Waals surface area contributed by atoms with E-state index in [-0.39, 0.29) is 28.8 Å². The summed E-state index contributed by atoms with van der Waals surface area (Å²) in [4.78, 5) is 45.0. The molecular formula is C31H29N5O5S. The van der Waals surface area contributed by atoms with Gasteiger partial charge in [0.1, 0.15) is 23.9 Å². The Balaban J connectivity index is 1.64. The van der Waals surface area contributed by atoms with Crippen LogP contribution in [0.25, 0.3) is 21.6 Å². The number of carbonyl (C=O) groups is 3. The van der Waals surface area contributed by atoms with Crippen molar-refractivity contribution in [2.24, 2.45) is 5.73 Å². The molecule has 3 heterocycles. The first-order valence-electron chi connectivity index (χ1n) is 13.2. The van der Waals surface area contributed by atoms with E-state index in [0.29, 0.717) is 34.7 Å². The maximum absolute atomic E-state index is 13.8. The zero-order valence-electron chi connectivity index (χ0n) is 23.2. The second kappa shape index (κ2) is 11.8. The second-order valence-electron chi connectivity index (χ2n) is 9.77. The summed E-state index contributed by atoms with van der Waals surface area (Å²) in [6.07, 6.45) is 0.727. The highest BCUT2D eigenvalue weighted by Gasteiger charge is 2.27. The lowest BCUT2D eigenvalue weighted by atomic mass is 9.92. The quantitative estimate of drug-likeness (QED) is 0.126. The van der Waals surface area contributed by atoms with Crippen molar-refractivity contribution in [1.29, 1.82) is 5.41 Å². The Bertz CT molecular complexity index is 1710. The van der Waals surface area contributed by atoms with E-state index in [9.17, 15) is 14.4 Å². The highest BCUT2D eigenvalue weighted by atomic mass is 32.1. The van der Waals surface area contributed by atoms with Crippen LogP contribution in [0.4, 0.5) is 5.69 Å². The lowest BCUT2D eigenvalue weighted by Gasteiger charge is -2.22. The maximum Gasteiger partial charge on any atom is 0.357 e. The van der Waals surface area contributed by atoms with E-state index in [4.69, 9.17) is 20.6 Å². The fraction of sp³-hybridized carbons (Fsp3) is 0.194. The minimum atomic E-state index is -0.756. The minimum absolute atomic E-state index is 0.0495. The number of nitrogen functional groups attached to an aromatic ring is 1. The van der Waals surface area contributed by atoms with Crippen molar-refractivity contribution in [1.82, 2.24) is 10.3 Å². The number of esters is 1. The maximum atomic E-state index is 13.8. The lowest BCUT2D eigenvalue weighted by molar-refractivity contribution is 0.0594. The topological polar surface area (TPSA) is 156 Å². The molecule has 0 radical (unpaired) electrons. The summed E-state index contributed by atoms with van der Waals surface area (Å²) in [6, 6.07) is 15.0. The SMILES string of the molecule is CCC(C)NC(=O)c1ccc(-c2cc3c(cc2C(=O)Nc2ccc(C(=N)N)cc2)-c2sccc2CO3)c(C(=O)OC)n1. The number of hydrogen-bond donors (Lipinski definition) is 4. The van der Waals surface area contributed by atoms with Gasteiger partial charge in [-0.05, 0) is 73.3 Å². The highest BCUT2D eigenvalue weighted by molar-refractivity contribution is 7.13. The van der Waals surface area contributed by atoms with Gasteiger partial charge in [-0.2, -0.15) is 0 Å². The number of ether oxygens (including phenoxy) is 2. The predicted octanol–water partition coefficient (Wildman–Crippen LogP) is 5.22. The lowest BCUT2D eigenvalue weighted by Crippen LogP contribution is -2.32. The smallest absolute Gasteiger partial charge is 0.357 e. The molecule has 0 saturated carbocycles. The third-order valence-electron chi connectivity index (χ3n) is 6.98. The first-order chi connectivity index (χ1) is 20.2. The van der Waals surface area contributed by atoms with Gasteiger partial charge in [-0.3, -0.25) is 15.0 Å². The van der Waals surface area contributed by atoms with Gasteiger partial charge in [-0.25, -0.2) is 9.78 Å². The molecule has 1 aliphatic rings. The molecule has 0 aliphatic carbocycles. The van der Waals surface area contributed by atoms with Crippen LogP contribution in [-0.4, -0.2) is 41.8 Å². The predicted molar refractivity (Wildman–Crippen MR) is 161 cm³/mol. The van der Waals surface area contributed by atoms with Crippen LogP contribution < -0.4 is 21.1 Å². The molecule has 0 bridgehead atoms. The molecule has 2 aromatic carbocycles. The van der Waals surface area contributed by atoms with Gasteiger partial charge in [0.05, 0.1) is 7.11 Å². The van der Waals surface area contributed by atoms with Crippen LogP contribution in [0.1, 0.15) is 62.7 Å². The number of aromatic nitrogens is 1. The van der Waals surface area contributed by atoms with Crippen molar-refractivity contribution in [3.05, 3.63) is 88.1 Å². The van der Waals surface area contributed by atoms with Crippen LogP contribution in [0.2, 0.25) is 0 Å². The van der Waals surface area contributed by atoms with Gasteiger partial charge in [-0.1, -0.05) is 6.92 Å². The van der Waals surface area contributed by atoms with Crippen molar-refractivity contribution in [3.8, 4) is 27.3 Å². The summed E-state index contributed by atoms with van der Waals surface area (Å²) in [5, 5.41) is 15.3. The van der Waals surface area contributed by atoms with Crippen molar-refractivity contribution in [2.45, 2.75) is 32.9 Å². The second-order valence-corrected chi connectivity index (χ2v) is 10.7. The van der Waals surface area contributed by atoms with Crippen molar-refractivity contribution < 1.29 is 23.9 Å². The summed E-state index contributed by atoms with van der Waals surface area (Å²) < 4.78 is 11.1. The fourth-order valence-corrected chi connectivity index (χ4v) is 5.45. The molecule has 5 rings (SSSR count). The van der Waals surface area contributed by atoms with Crippen LogP contribution in [0, 0.1) is 5.41 Å². The van der Waals surface area contributed by atoms with E-state index in [1.165, 1.54) is 13.2 Å². The number of fused-ring (bicyclic) bond motifs is 3. The third-order valence-corrected chi connectivity index (χ3v) is 7.97. The minimum Gasteiger partial charge on any atom is -0.488 e. The van der Waals surface area contributed by atoms with Crippen LogP contribution in [0.3, 0.4) is 0 Å². The van der Waals surface area contributed by atoms with E-state index in [2.05, 4.69) is 15.6 Å². The van der Waals surface area contributed by atoms with Gasteiger partial charge >= 0.3 is 5.97 Å². The average Bonchev–Trinajstić information content (AvgIpc) is 3.49. The number of nitrogens with zero attached hydrogens (tertiary/aromatic N) is 1. The number of benzene rings is 2. The number of thiophene rings is 1. The first-order valence-corrected chi connectivity index (χ1v) is 14.1. The number of nitrogens with one attached hydrogen (secondary N) is 3. The molecule has 42 heavy (non-hydrogen) atoms. The number of amidine groups is 1. The normalized spacial score (nSPS) is 12.3. The zero-order valence-corrected chi connectivity index (χ0v) is 24.1. The van der Waals surface area contributed by atoms with E-state index >= 15 is 0 Å². The standard InChI is InChI=1S/C31H29N5O5S/c1-4-16(2)34-30(38)24-10-9-20(26(36-24)31(39)40-3)21-14-25-23(27-18(15-41-25)11-12-42-27)13-22(21)29(37)35-19-7-5-17(6-8-19)28(32)33/h5-14,16H,4,15H2,1-3H3,(H3,32,33)(H,34,38)(H,35,37). The Hall–Kier alpha value is -5.03. The van der Waals surface area contributed by atoms with Gasteiger partial charge in [-0.15, -0.1) is 11.3 Å². The van der Waals surface area contributed by atoms with E-state index < -0.39 is 17.8 Å². The molecule has 0 spiro atoms. The Morgan fingerprint density at radius 2 is 1.83 bits per heavy atom. The number of methoxy groups -OCH3 is 1. The molecule has 10 nitrogen and oxygen atoms in total. The molecule has 4 aromatic rings. The molecule has 1 aliphatic heterocycles. The summed E-state index contributed by atoms with van der Waals surface area (Å²) in [5.74, 6) is -1.15. The first kappa shape index (κ1) is 28.5. The van der Waals surface area contributed by atoms with Crippen molar-refractivity contribution in [2.75, 3.05) is 12.4 Å². The Kier molecular flexibility index (Phi) is 8.03. The Morgan fingerprint density at radius 1 is 1.07 bits per heavy atom. The molecular weight excluding hydrogens is 554 g/mol. The number of carbonyl (C=O) groups excluding carboxylic acids is 3. The number of pyridine rings is 1. The molecule has 1 atom stereocenters. The molecule has 214 valence electrons. The van der Waals surface area contributed by atoms with Crippen LogP contribution in [0.15, 0.2) is 60.0 Å². The van der Waals surface area contributed by atoms with Gasteiger partial charge in [0.15, 0.2) is 5.69 Å². The molecule has 5 N–H and O–H groups in total. The largest absolute Gasteiger partial charge is 0.488 e. The van der Waals surface area contributed by atoms with Crippen molar-refractivity contribution in [3.63, 3.8) is 0 Å². The number of hydrogen-bond acceptors (Lipinski definition) is 8. The molecule has 11 heteroatoms. The number of nitrogens with two attached hydrogens (primary N) is 1. The van der Waals surface area contributed by atoms with E-state index in [1.807, 2.05) is 25.3 Å². The molecule has 2 amide bonds. The van der Waals surface area contributed by atoms with Gasteiger partial charge in [0.2, 0.25) is 0 Å². The fourth-order valence-electron chi connectivity index (χ4n) is 4.52. The van der Waals surface area contributed by atoms with E-state index in [1.54, 1.807) is 53.8 Å². The van der Waals surface area contributed by atoms with E-state index in [0.717, 1.165) is 22.4 Å². The zero-order chi connectivity index (χ0) is 30.0. The number of amides is 2. The monoisotopic (exact) mass is 583 g/mol. The van der Waals surface area contributed by atoms with Gasteiger partial charge in [0.25, 0.3) is 11.8 Å². The number of anilines is 1. The Morgan fingerprint density at radius 3 is 2.52 bits per heavy atom. The summed E-state index contributed by atoms with van der Waals surface area (Å²) in [7, 11) is 1.23. The van der Waals surface area contributed by atoms with Crippen LogP contribution >= 0.6 is 11.3 Å². The molecule has 2 aromatic heterocycles. The molecule has 1 unspecified atom stereocenters. The summed E-state index contributed by atoms with van der Waals surface area (Å²) in [5.41, 5.74) is 9.24. The van der Waals surface area contributed by atoms with Crippen molar-refractivity contribution >= 4 is 40.6 Å². The molecule has 0 saturated heterocycles. The summed E-state index contributed by atoms with van der Waals surface area (Å²) >= 11 is 1.55. The third kappa shape index (κ3) is 5.59. The number of rotatable bonds is 8. The average molecular weight is 584 g/mol. The molecule has 0 fully saturated rings.